The maximum Gasteiger partial charge on any atom is 0.219 e. The molecule has 0 saturated heterocycles. The van der Waals surface area contributed by atoms with Crippen molar-refractivity contribution in [3.63, 3.8) is 0 Å². The molecule has 0 saturated carbocycles. The maximum atomic E-state index is 12.0. The number of Topliss-reactive ketones (excluding diaryl/α,β-unsaturated/α-hetero) is 1. The number of carbonyl (C=O) groups excluding carboxylic acids is 1. The Morgan fingerprint density at radius 1 is 1.22 bits per heavy atom. The lowest BCUT2D eigenvalue weighted by Crippen LogP contribution is -2.02. The highest BCUT2D eigenvalue weighted by Crippen LogP contribution is 2.27. The van der Waals surface area contributed by atoms with E-state index in [0.29, 0.717) is 14.7 Å². The summed E-state index contributed by atoms with van der Waals surface area (Å²) in [4.78, 5) is 16.2. The summed E-state index contributed by atoms with van der Waals surface area (Å²) in [5, 5.41) is 11.9. The van der Waals surface area contributed by atoms with E-state index in [1.54, 1.807) is 12.1 Å². The predicted octanol–water partition coefficient (Wildman–Crippen LogP) is 4.97. The minimum atomic E-state index is -0.243. The fourth-order valence-electron chi connectivity index (χ4n) is 2.20. The molecule has 3 aromatic rings. The first kappa shape index (κ1) is 16.0. The van der Waals surface area contributed by atoms with Crippen LogP contribution < -0.4 is 0 Å². The topological polar surface area (TPSA) is 62.8 Å². The summed E-state index contributed by atoms with van der Waals surface area (Å²) in [6, 6.07) is 12.7. The summed E-state index contributed by atoms with van der Waals surface area (Å²) in [7, 11) is 0. The van der Waals surface area contributed by atoms with E-state index in [2.05, 4.69) is 36.9 Å². The first-order valence-corrected chi connectivity index (χ1v) is 8.33. The van der Waals surface area contributed by atoms with Gasteiger partial charge in [-0.1, -0.05) is 30.3 Å². The number of aliphatic imine (C=N–C) groups is 1. The Bertz CT molecular complexity index is 896. The average Bonchev–Trinajstić information content (AvgIpc) is 2.89. The third kappa shape index (κ3) is 3.38. The lowest BCUT2D eigenvalue weighted by molar-refractivity contribution is 0.0974. The first-order valence-electron chi connectivity index (χ1n) is 6.75. The molecule has 0 bridgehead atoms. The minimum absolute atomic E-state index is 0.0605. The van der Waals surface area contributed by atoms with E-state index < -0.39 is 0 Å². The van der Waals surface area contributed by atoms with Crippen molar-refractivity contribution in [3.05, 3.63) is 62.9 Å². The number of hydrogen-bond donors (Lipinski definition) is 1. The molecule has 1 N–H and O–H groups in total. The number of rotatable bonds is 4. The Morgan fingerprint density at radius 2 is 2.00 bits per heavy atom. The molecule has 23 heavy (non-hydrogen) atoms. The van der Waals surface area contributed by atoms with Gasteiger partial charge in [-0.05, 0) is 48.7 Å². The van der Waals surface area contributed by atoms with E-state index in [4.69, 9.17) is 4.42 Å². The van der Waals surface area contributed by atoms with Gasteiger partial charge in [0.1, 0.15) is 12.3 Å². The van der Waals surface area contributed by atoms with Gasteiger partial charge in [0.15, 0.2) is 10.4 Å². The summed E-state index contributed by atoms with van der Waals surface area (Å²) in [6.45, 7) is -0.0605. The van der Waals surface area contributed by atoms with Crippen LogP contribution in [0.25, 0.3) is 10.8 Å². The van der Waals surface area contributed by atoms with E-state index in [0.717, 1.165) is 10.8 Å². The molecule has 4 nitrogen and oxygen atoms in total. The van der Waals surface area contributed by atoms with Crippen LogP contribution in [0.5, 0.6) is 5.75 Å². The van der Waals surface area contributed by atoms with Crippen LogP contribution in [-0.2, 0) is 0 Å². The molecule has 1 aromatic heterocycles. The normalized spacial score (nSPS) is 11.4. The molecule has 0 aliphatic carbocycles. The van der Waals surface area contributed by atoms with Crippen LogP contribution in [0.4, 0.5) is 0 Å². The smallest absolute Gasteiger partial charge is 0.219 e. The number of phenols is 1. The van der Waals surface area contributed by atoms with Crippen molar-refractivity contribution < 1.29 is 14.3 Å². The van der Waals surface area contributed by atoms with Crippen LogP contribution in [-0.4, -0.2) is 23.6 Å². The number of phenolic OH excluding ortho intramolecular Hbond substituents is 1. The van der Waals surface area contributed by atoms with Crippen molar-refractivity contribution in [1.82, 2.24) is 0 Å². The molecule has 116 valence electrons. The lowest BCUT2D eigenvalue weighted by Gasteiger charge is -2.04. The van der Waals surface area contributed by atoms with Crippen LogP contribution in [0.15, 0.2) is 61.0 Å². The molecule has 0 aliphatic rings. The third-order valence-corrected chi connectivity index (χ3v) is 5.03. The van der Waals surface area contributed by atoms with Crippen LogP contribution in [0.3, 0.4) is 0 Å². The Balaban J connectivity index is 1.83. The number of carbonyl (C=O) groups is 1. The van der Waals surface area contributed by atoms with Gasteiger partial charge in [0.05, 0.1) is 4.47 Å². The molecule has 0 aliphatic heterocycles. The first-order chi connectivity index (χ1) is 11.1. The summed E-state index contributed by atoms with van der Waals surface area (Å²) in [6.07, 6.45) is 1.52. The van der Waals surface area contributed by atoms with Gasteiger partial charge in [0.25, 0.3) is 0 Å². The number of fused-ring (bicyclic) bond motifs is 1. The quantitative estimate of drug-likeness (QED) is 0.464. The monoisotopic (exact) mass is 435 g/mol. The van der Waals surface area contributed by atoms with E-state index in [9.17, 15) is 9.90 Å². The molecular formula is C17H11Br2NO3. The number of halogens is 2. The molecule has 2 aromatic carbocycles. The van der Waals surface area contributed by atoms with Crippen LogP contribution in [0, 0.1) is 0 Å². The van der Waals surface area contributed by atoms with E-state index >= 15 is 0 Å². The second-order valence-electron chi connectivity index (χ2n) is 4.84. The molecule has 0 radical (unpaired) electrons. The standard InChI is InChI=1S/C17H11Br2NO3/c18-13-7-16(23-17(13)19)15(22)9-20-8-12-11-4-2-1-3-10(11)5-6-14(12)21/h1-8,21H,9H2. The SMILES string of the molecule is O=C(CN=Cc1c(O)ccc2ccccc12)c1cc(Br)c(Br)o1. The van der Waals surface area contributed by atoms with Crippen molar-refractivity contribution >= 4 is 54.6 Å². The Hall–Kier alpha value is -1.92. The van der Waals surface area contributed by atoms with Crippen molar-refractivity contribution in [2.45, 2.75) is 0 Å². The maximum absolute atomic E-state index is 12.0. The van der Waals surface area contributed by atoms with E-state index in [-0.39, 0.29) is 23.8 Å². The molecule has 0 amide bonds. The fourth-order valence-corrected chi connectivity index (χ4v) is 2.78. The lowest BCUT2D eigenvalue weighted by atomic mass is 10.0. The summed E-state index contributed by atoms with van der Waals surface area (Å²) >= 11 is 6.45. The zero-order valence-corrected chi connectivity index (χ0v) is 15.0. The molecule has 0 atom stereocenters. The van der Waals surface area contributed by atoms with Crippen LogP contribution >= 0.6 is 31.9 Å². The van der Waals surface area contributed by atoms with Gasteiger partial charge in [-0.3, -0.25) is 9.79 Å². The Morgan fingerprint density at radius 3 is 2.74 bits per heavy atom. The predicted molar refractivity (Wildman–Crippen MR) is 96.5 cm³/mol. The highest BCUT2D eigenvalue weighted by atomic mass is 79.9. The van der Waals surface area contributed by atoms with Gasteiger partial charge in [0, 0.05) is 17.8 Å². The molecular weight excluding hydrogens is 426 g/mol. The number of ketones is 1. The molecule has 1 heterocycles. The van der Waals surface area contributed by atoms with Crippen LogP contribution in [0.2, 0.25) is 0 Å². The molecule has 3 rings (SSSR count). The number of nitrogens with zero attached hydrogens (tertiary/aromatic N) is 1. The largest absolute Gasteiger partial charge is 0.507 e. The minimum Gasteiger partial charge on any atom is -0.507 e. The summed E-state index contributed by atoms with van der Waals surface area (Å²) in [5.41, 5.74) is 0.595. The summed E-state index contributed by atoms with van der Waals surface area (Å²) < 4.78 is 6.42. The number of hydrogen-bond acceptors (Lipinski definition) is 4. The van der Waals surface area contributed by atoms with E-state index in [1.165, 1.54) is 6.21 Å². The zero-order chi connectivity index (χ0) is 16.4. The van der Waals surface area contributed by atoms with Gasteiger partial charge in [-0.2, -0.15) is 0 Å². The highest BCUT2D eigenvalue weighted by Gasteiger charge is 2.13. The Labute approximate surface area is 149 Å². The van der Waals surface area contributed by atoms with Crippen molar-refractivity contribution in [2.75, 3.05) is 6.54 Å². The molecule has 6 heteroatoms. The van der Waals surface area contributed by atoms with Crippen LogP contribution in [0.1, 0.15) is 16.1 Å². The molecule has 0 spiro atoms. The molecule has 0 fully saturated rings. The van der Waals surface area contributed by atoms with Crippen molar-refractivity contribution in [2.24, 2.45) is 4.99 Å². The molecule has 0 unspecified atom stereocenters. The number of aromatic hydroxyl groups is 1. The fraction of sp³-hybridized carbons (Fsp3) is 0.0588. The second kappa shape index (κ2) is 6.68. The van der Waals surface area contributed by atoms with E-state index in [1.807, 2.05) is 30.3 Å². The van der Waals surface area contributed by atoms with Gasteiger partial charge >= 0.3 is 0 Å². The van der Waals surface area contributed by atoms with Crippen molar-refractivity contribution in [3.8, 4) is 5.75 Å². The number of furan rings is 1. The average molecular weight is 437 g/mol. The third-order valence-electron chi connectivity index (χ3n) is 3.32. The van der Waals surface area contributed by atoms with Gasteiger partial charge in [-0.15, -0.1) is 0 Å². The van der Waals surface area contributed by atoms with Gasteiger partial charge in [0.2, 0.25) is 5.78 Å². The highest BCUT2D eigenvalue weighted by molar-refractivity contribution is 9.13. The number of benzene rings is 2. The van der Waals surface area contributed by atoms with Gasteiger partial charge < -0.3 is 9.52 Å². The summed E-state index contributed by atoms with van der Waals surface area (Å²) in [5.74, 6) is 0.110. The van der Waals surface area contributed by atoms with Crippen molar-refractivity contribution in [1.29, 1.82) is 0 Å². The van der Waals surface area contributed by atoms with Gasteiger partial charge in [-0.25, -0.2) is 0 Å². The zero-order valence-electron chi connectivity index (χ0n) is 11.8. The Kier molecular flexibility index (Phi) is 4.63. The second-order valence-corrected chi connectivity index (χ2v) is 6.42.